The van der Waals surface area contributed by atoms with E-state index >= 15 is 0 Å². The molecule has 0 bridgehead atoms. The number of ether oxygens (including phenoxy) is 1. The second-order valence-electron chi connectivity index (χ2n) is 3.11. The van der Waals surface area contributed by atoms with E-state index in [9.17, 15) is 4.79 Å². The molecule has 0 spiro atoms. The summed E-state index contributed by atoms with van der Waals surface area (Å²) in [5, 5.41) is 8.53. The van der Waals surface area contributed by atoms with Gasteiger partial charge in [-0.1, -0.05) is 0 Å². The second kappa shape index (κ2) is 3.01. The molecule has 0 amide bonds. The highest BCUT2D eigenvalue weighted by Gasteiger charge is 2.24. The van der Waals surface area contributed by atoms with E-state index in [2.05, 4.69) is 11.7 Å². The molecule has 0 aliphatic heterocycles. The van der Waals surface area contributed by atoms with Gasteiger partial charge in [-0.05, 0) is 20.8 Å². The molecule has 10 heavy (non-hydrogen) atoms. The van der Waals surface area contributed by atoms with Crippen molar-refractivity contribution >= 4 is 5.97 Å². The van der Waals surface area contributed by atoms with Crippen LogP contribution < -0.4 is 0 Å². The molecule has 0 aliphatic rings. The quantitative estimate of drug-likeness (QED) is 0.437. The van der Waals surface area contributed by atoms with Crippen LogP contribution in [0.15, 0.2) is 0 Å². The predicted molar refractivity (Wildman–Crippen MR) is 36.9 cm³/mol. The Balaban J connectivity index is 3.87. The van der Waals surface area contributed by atoms with Gasteiger partial charge >= 0.3 is 5.97 Å². The van der Waals surface area contributed by atoms with E-state index < -0.39 is 17.7 Å². The van der Waals surface area contributed by atoms with Crippen molar-refractivity contribution in [3.63, 3.8) is 0 Å². The summed E-state index contributed by atoms with van der Waals surface area (Å²) in [5.41, 5.74) is -0.571. The molecule has 0 saturated heterocycles. The Bertz CT molecular complexity index is 121. The number of carbonyl (C=O) groups excluding carboxylic acids is 1. The van der Waals surface area contributed by atoms with Crippen LogP contribution in [0.5, 0.6) is 0 Å². The molecule has 0 fully saturated rings. The first kappa shape index (κ1) is 9.43. The highest BCUT2D eigenvalue weighted by atomic mass is 16.6. The third-order valence-electron chi connectivity index (χ3n) is 0.855. The standard InChI is InChI=1S/C7H13O3/c1-5(8)10-6(9)7(2,3)4/h5,8H,1H2,2-4H3. The van der Waals surface area contributed by atoms with Crippen LogP contribution in [0.3, 0.4) is 0 Å². The zero-order chi connectivity index (χ0) is 8.36. The van der Waals surface area contributed by atoms with Gasteiger partial charge < -0.3 is 9.84 Å². The molecule has 0 aliphatic carbocycles. The molecular formula is C7H13O3. The highest BCUT2D eigenvalue weighted by molar-refractivity contribution is 5.75. The van der Waals surface area contributed by atoms with Gasteiger partial charge in [-0.3, -0.25) is 4.79 Å². The minimum absolute atomic E-state index is 0.449. The van der Waals surface area contributed by atoms with E-state index in [1.807, 2.05) is 0 Å². The normalized spacial score (nSPS) is 14.5. The molecule has 0 heterocycles. The molecule has 0 saturated carbocycles. The minimum Gasteiger partial charge on any atom is -0.436 e. The maximum atomic E-state index is 10.9. The Morgan fingerprint density at radius 3 is 2.10 bits per heavy atom. The summed E-state index contributed by atoms with van der Waals surface area (Å²) in [6.45, 7) is 8.22. The van der Waals surface area contributed by atoms with E-state index in [-0.39, 0.29) is 0 Å². The summed E-state index contributed by atoms with van der Waals surface area (Å²) in [6.07, 6.45) is -1.26. The lowest BCUT2D eigenvalue weighted by Crippen LogP contribution is -2.26. The molecule has 0 aromatic rings. The molecule has 1 radical (unpaired) electrons. The van der Waals surface area contributed by atoms with Crippen molar-refractivity contribution in [2.75, 3.05) is 0 Å². The van der Waals surface area contributed by atoms with Crippen molar-refractivity contribution < 1.29 is 14.6 Å². The topological polar surface area (TPSA) is 46.5 Å². The van der Waals surface area contributed by atoms with Crippen LogP contribution in [-0.4, -0.2) is 17.4 Å². The van der Waals surface area contributed by atoms with Gasteiger partial charge in [-0.2, -0.15) is 0 Å². The molecule has 1 N–H and O–H groups in total. The summed E-state index contributed by atoms with van der Waals surface area (Å²) >= 11 is 0. The Morgan fingerprint density at radius 1 is 1.60 bits per heavy atom. The van der Waals surface area contributed by atoms with Gasteiger partial charge in [0.05, 0.1) is 5.41 Å². The third-order valence-corrected chi connectivity index (χ3v) is 0.855. The first-order valence-corrected chi connectivity index (χ1v) is 3.06. The summed E-state index contributed by atoms with van der Waals surface area (Å²) in [5.74, 6) is -0.449. The van der Waals surface area contributed by atoms with Crippen LogP contribution in [0.2, 0.25) is 0 Å². The van der Waals surface area contributed by atoms with Crippen LogP contribution >= 0.6 is 0 Å². The molecular weight excluding hydrogens is 132 g/mol. The molecule has 1 unspecified atom stereocenters. The third kappa shape index (κ3) is 3.45. The molecule has 59 valence electrons. The summed E-state index contributed by atoms with van der Waals surface area (Å²) in [6, 6.07) is 0. The average molecular weight is 145 g/mol. The van der Waals surface area contributed by atoms with Gasteiger partial charge in [0.2, 0.25) is 6.29 Å². The molecule has 0 aromatic heterocycles. The lowest BCUT2D eigenvalue weighted by Gasteiger charge is -2.17. The van der Waals surface area contributed by atoms with Crippen LogP contribution in [0.1, 0.15) is 20.8 Å². The average Bonchev–Trinajstić information content (AvgIpc) is 1.60. The second-order valence-corrected chi connectivity index (χ2v) is 3.11. The van der Waals surface area contributed by atoms with Gasteiger partial charge in [0.15, 0.2) is 0 Å². The Morgan fingerprint density at radius 2 is 2.00 bits per heavy atom. The van der Waals surface area contributed by atoms with Crippen molar-refractivity contribution in [3.05, 3.63) is 6.92 Å². The Labute approximate surface area is 61.0 Å². The first-order chi connectivity index (χ1) is 4.34. The van der Waals surface area contributed by atoms with Gasteiger partial charge in [0.1, 0.15) is 0 Å². The number of esters is 1. The largest absolute Gasteiger partial charge is 0.436 e. The monoisotopic (exact) mass is 145 g/mol. The molecule has 1 atom stereocenters. The number of rotatable bonds is 1. The zero-order valence-corrected chi connectivity index (χ0v) is 6.55. The van der Waals surface area contributed by atoms with Gasteiger partial charge in [0.25, 0.3) is 0 Å². The number of carbonyl (C=O) groups is 1. The van der Waals surface area contributed by atoms with E-state index in [1.165, 1.54) is 0 Å². The summed E-state index contributed by atoms with van der Waals surface area (Å²) in [4.78, 5) is 10.9. The van der Waals surface area contributed by atoms with Crippen molar-refractivity contribution in [2.45, 2.75) is 27.1 Å². The lowest BCUT2D eigenvalue weighted by molar-refractivity contribution is -0.170. The van der Waals surface area contributed by atoms with E-state index in [4.69, 9.17) is 5.11 Å². The smallest absolute Gasteiger partial charge is 0.313 e. The molecule has 3 heteroatoms. The van der Waals surface area contributed by atoms with Crippen molar-refractivity contribution in [1.29, 1.82) is 0 Å². The Hall–Kier alpha value is -0.570. The lowest BCUT2D eigenvalue weighted by atomic mass is 9.97. The maximum absolute atomic E-state index is 10.9. The predicted octanol–water partition coefficient (Wildman–Crippen LogP) is 0.728. The molecule has 3 nitrogen and oxygen atoms in total. The van der Waals surface area contributed by atoms with Crippen molar-refractivity contribution in [1.82, 2.24) is 0 Å². The van der Waals surface area contributed by atoms with Crippen LogP contribution in [-0.2, 0) is 9.53 Å². The van der Waals surface area contributed by atoms with Gasteiger partial charge in [-0.15, -0.1) is 0 Å². The zero-order valence-electron chi connectivity index (χ0n) is 6.55. The van der Waals surface area contributed by atoms with Crippen LogP contribution in [0.25, 0.3) is 0 Å². The van der Waals surface area contributed by atoms with E-state index in [0.717, 1.165) is 0 Å². The Kier molecular flexibility index (Phi) is 2.84. The number of aliphatic hydroxyl groups excluding tert-OH is 1. The minimum atomic E-state index is -1.26. The number of hydrogen-bond acceptors (Lipinski definition) is 3. The van der Waals surface area contributed by atoms with E-state index in [1.54, 1.807) is 20.8 Å². The van der Waals surface area contributed by atoms with Crippen LogP contribution in [0, 0.1) is 12.3 Å². The SMILES string of the molecule is [CH2]C(O)OC(=O)C(C)(C)C. The van der Waals surface area contributed by atoms with Crippen molar-refractivity contribution in [3.8, 4) is 0 Å². The summed E-state index contributed by atoms with van der Waals surface area (Å²) in [7, 11) is 0. The fourth-order valence-electron chi connectivity index (χ4n) is 0.300. The number of hydrogen-bond donors (Lipinski definition) is 1. The highest BCUT2D eigenvalue weighted by Crippen LogP contribution is 2.15. The van der Waals surface area contributed by atoms with E-state index in [0.29, 0.717) is 0 Å². The fraction of sp³-hybridized carbons (Fsp3) is 0.714. The number of aliphatic hydroxyl groups is 1. The maximum Gasteiger partial charge on any atom is 0.313 e. The van der Waals surface area contributed by atoms with Crippen molar-refractivity contribution in [2.24, 2.45) is 5.41 Å². The van der Waals surface area contributed by atoms with Gasteiger partial charge in [-0.25, -0.2) is 0 Å². The summed E-state index contributed by atoms with van der Waals surface area (Å²) < 4.78 is 4.42. The molecule has 0 aromatic carbocycles. The molecule has 0 rings (SSSR count). The fourth-order valence-corrected chi connectivity index (χ4v) is 0.300. The first-order valence-electron chi connectivity index (χ1n) is 3.06. The van der Waals surface area contributed by atoms with Gasteiger partial charge in [0, 0.05) is 6.92 Å². The van der Waals surface area contributed by atoms with Crippen LogP contribution in [0.4, 0.5) is 0 Å².